The van der Waals surface area contributed by atoms with Gasteiger partial charge in [0.05, 0.1) is 19.6 Å². The van der Waals surface area contributed by atoms with Gasteiger partial charge in [0.1, 0.15) is 12.4 Å². The number of hydrogen-bond donors (Lipinski definition) is 3. The molecule has 1 heterocycles. The molecule has 0 saturated carbocycles. The number of benzene rings is 2. The lowest BCUT2D eigenvalue weighted by atomic mass is 9.98. The molecule has 0 spiro atoms. The van der Waals surface area contributed by atoms with Crippen LogP contribution in [0.25, 0.3) is 11.1 Å². The molecule has 10 heteroatoms. The van der Waals surface area contributed by atoms with Crippen LogP contribution in [0.3, 0.4) is 0 Å². The van der Waals surface area contributed by atoms with Crippen LogP contribution in [0, 0.1) is 0 Å². The number of aryl methyl sites for hydroxylation is 1. The predicted molar refractivity (Wildman–Crippen MR) is 127 cm³/mol. The Balaban J connectivity index is 1.29. The van der Waals surface area contributed by atoms with Gasteiger partial charge in [0.25, 0.3) is 5.91 Å². The number of aromatic nitrogens is 2. The number of aliphatic carboxylic acids is 1. The van der Waals surface area contributed by atoms with Crippen molar-refractivity contribution in [2.24, 2.45) is 7.05 Å². The van der Waals surface area contributed by atoms with Gasteiger partial charge < -0.3 is 19.9 Å². The number of carbonyl (C=O) groups excluding carboxylic acids is 2. The molecule has 0 atom stereocenters. The Morgan fingerprint density at radius 2 is 1.69 bits per heavy atom. The van der Waals surface area contributed by atoms with E-state index >= 15 is 0 Å². The minimum absolute atomic E-state index is 0.0567. The Morgan fingerprint density at radius 1 is 1.03 bits per heavy atom. The van der Waals surface area contributed by atoms with Gasteiger partial charge in [-0.25, -0.2) is 4.79 Å². The molecule has 3 aromatic rings. The summed E-state index contributed by atoms with van der Waals surface area (Å²) in [6, 6.07) is 17.6. The minimum atomic E-state index is -0.945. The molecule has 10 nitrogen and oxygen atoms in total. The van der Waals surface area contributed by atoms with Crippen molar-refractivity contribution in [1.29, 1.82) is 0 Å². The van der Waals surface area contributed by atoms with E-state index in [2.05, 4.69) is 27.9 Å². The number of ether oxygens (including phenoxy) is 2. The number of hydrogen-bond acceptors (Lipinski definition) is 6. The van der Waals surface area contributed by atoms with Gasteiger partial charge in [0.15, 0.2) is 5.69 Å². The van der Waals surface area contributed by atoms with E-state index in [1.807, 2.05) is 36.4 Å². The SMILES string of the molecule is Cn1nc(C(=O)NCCOCCC(=O)O)cc1NC(=O)OCC1c2ccccc2-c2ccccc21. The first kappa shape index (κ1) is 24.0. The first-order chi connectivity index (χ1) is 16.9. The molecule has 1 aromatic heterocycles. The Kier molecular flexibility index (Phi) is 7.41. The topological polar surface area (TPSA) is 132 Å². The fraction of sp³-hybridized carbons (Fsp3) is 0.280. The number of anilines is 1. The Labute approximate surface area is 201 Å². The largest absolute Gasteiger partial charge is 0.481 e. The maximum absolute atomic E-state index is 12.5. The summed E-state index contributed by atoms with van der Waals surface area (Å²) < 4.78 is 12.0. The number of carbonyl (C=O) groups is 3. The Morgan fingerprint density at radius 3 is 2.34 bits per heavy atom. The van der Waals surface area contributed by atoms with Crippen molar-refractivity contribution < 1.29 is 29.0 Å². The van der Waals surface area contributed by atoms with Gasteiger partial charge in [0.2, 0.25) is 0 Å². The lowest BCUT2D eigenvalue weighted by molar-refractivity contribution is -0.138. The van der Waals surface area contributed by atoms with Gasteiger partial charge in [-0.15, -0.1) is 0 Å². The molecule has 0 unspecified atom stereocenters. The summed E-state index contributed by atoms with van der Waals surface area (Å²) in [5.74, 6) is -1.13. The maximum Gasteiger partial charge on any atom is 0.412 e. The first-order valence-corrected chi connectivity index (χ1v) is 11.2. The van der Waals surface area contributed by atoms with Crippen molar-refractivity contribution in [3.05, 3.63) is 71.4 Å². The van der Waals surface area contributed by atoms with Crippen LogP contribution >= 0.6 is 0 Å². The van der Waals surface area contributed by atoms with Crippen LogP contribution in [0.1, 0.15) is 34.0 Å². The van der Waals surface area contributed by atoms with Crippen molar-refractivity contribution in [3.8, 4) is 11.1 Å². The molecule has 4 rings (SSSR count). The van der Waals surface area contributed by atoms with E-state index in [-0.39, 0.29) is 44.4 Å². The van der Waals surface area contributed by atoms with E-state index in [1.165, 1.54) is 10.7 Å². The molecule has 3 N–H and O–H groups in total. The van der Waals surface area contributed by atoms with Crippen LogP contribution in [0.15, 0.2) is 54.6 Å². The summed E-state index contributed by atoms with van der Waals surface area (Å²) in [6.45, 7) is 0.622. The molecular formula is C25H26N4O6. The van der Waals surface area contributed by atoms with Gasteiger partial charge in [-0.1, -0.05) is 48.5 Å². The molecule has 0 fully saturated rings. The molecule has 2 amide bonds. The van der Waals surface area contributed by atoms with Crippen molar-refractivity contribution in [2.45, 2.75) is 12.3 Å². The van der Waals surface area contributed by atoms with Gasteiger partial charge >= 0.3 is 12.1 Å². The smallest absolute Gasteiger partial charge is 0.412 e. The zero-order chi connectivity index (χ0) is 24.8. The van der Waals surface area contributed by atoms with Gasteiger partial charge in [-0.3, -0.25) is 19.6 Å². The number of amides is 2. The fourth-order valence-corrected chi connectivity index (χ4v) is 4.02. The molecule has 1 aliphatic rings. The van der Waals surface area contributed by atoms with Crippen molar-refractivity contribution in [1.82, 2.24) is 15.1 Å². The Bertz CT molecular complexity index is 1190. The van der Waals surface area contributed by atoms with Crippen molar-refractivity contribution in [2.75, 3.05) is 31.7 Å². The predicted octanol–water partition coefficient (Wildman–Crippen LogP) is 3.00. The number of carboxylic acid groups (broad SMARTS) is 1. The van der Waals surface area contributed by atoms with E-state index in [0.29, 0.717) is 5.82 Å². The number of nitrogens with zero attached hydrogens (tertiary/aromatic N) is 2. The average Bonchev–Trinajstić information content (AvgIpc) is 3.37. The van der Waals surface area contributed by atoms with Gasteiger partial charge in [0, 0.05) is 25.6 Å². The maximum atomic E-state index is 12.5. The van der Waals surface area contributed by atoms with Gasteiger partial charge in [-0.05, 0) is 22.3 Å². The van der Waals surface area contributed by atoms with E-state index in [1.54, 1.807) is 7.05 Å². The quantitative estimate of drug-likeness (QED) is 0.382. The molecule has 0 radical (unpaired) electrons. The zero-order valence-corrected chi connectivity index (χ0v) is 19.2. The van der Waals surface area contributed by atoms with Crippen LogP contribution in [0.5, 0.6) is 0 Å². The highest BCUT2D eigenvalue weighted by Crippen LogP contribution is 2.44. The first-order valence-electron chi connectivity index (χ1n) is 11.2. The monoisotopic (exact) mass is 478 g/mol. The fourth-order valence-electron chi connectivity index (χ4n) is 4.02. The summed E-state index contributed by atoms with van der Waals surface area (Å²) in [7, 11) is 1.60. The van der Waals surface area contributed by atoms with Crippen molar-refractivity contribution >= 4 is 23.8 Å². The van der Waals surface area contributed by atoms with Crippen LogP contribution in [-0.2, 0) is 21.3 Å². The number of fused-ring (bicyclic) bond motifs is 3. The summed E-state index contributed by atoms with van der Waals surface area (Å²) >= 11 is 0. The molecule has 35 heavy (non-hydrogen) atoms. The molecule has 182 valence electrons. The lowest BCUT2D eigenvalue weighted by Crippen LogP contribution is -2.28. The third-order valence-electron chi connectivity index (χ3n) is 5.68. The second-order valence-electron chi connectivity index (χ2n) is 8.00. The highest BCUT2D eigenvalue weighted by molar-refractivity contribution is 5.94. The van der Waals surface area contributed by atoms with E-state index in [9.17, 15) is 14.4 Å². The van der Waals surface area contributed by atoms with Crippen LogP contribution in [0.2, 0.25) is 0 Å². The van der Waals surface area contributed by atoms with E-state index in [4.69, 9.17) is 14.6 Å². The van der Waals surface area contributed by atoms with Crippen LogP contribution in [-0.4, -0.2) is 59.2 Å². The normalized spacial score (nSPS) is 12.0. The summed E-state index contributed by atoms with van der Waals surface area (Å²) in [5.41, 5.74) is 4.64. The third-order valence-corrected chi connectivity index (χ3v) is 5.68. The molecule has 2 aromatic carbocycles. The zero-order valence-electron chi connectivity index (χ0n) is 19.2. The van der Waals surface area contributed by atoms with Crippen molar-refractivity contribution in [3.63, 3.8) is 0 Å². The number of rotatable bonds is 10. The molecule has 1 aliphatic carbocycles. The molecular weight excluding hydrogens is 452 g/mol. The highest BCUT2D eigenvalue weighted by Gasteiger charge is 2.29. The van der Waals surface area contributed by atoms with E-state index in [0.717, 1.165) is 22.3 Å². The second kappa shape index (κ2) is 10.8. The standard InChI is InChI=1S/C25H26N4O6/c1-29-22(14-21(28-29)24(32)26-11-13-34-12-10-23(30)31)27-25(33)35-15-20-18-8-4-2-6-16(18)17-7-3-5-9-19(17)20/h2-9,14,20H,10-13,15H2,1H3,(H,26,32)(H,27,33)(H,30,31). The summed E-state index contributed by atoms with van der Waals surface area (Å²) in [4.78, 5) is 35.2. The Hall–Kier alpha value is -4.18. The average molecular weight is 479 g/mol. The summed E-state index contributed by atoms with van der Waals surface area (Å²) in [6.07, 6.45) is -0.743. The van der Waals surface area contributed by atoms with Crippen LogP contribution in [0.4, 0.5) is 10.6 Å². The lowest BCUT2D eigenvalue weighted by Gasteiger charge is -2.14. The van der Waals surface area contributed by atoms with Crippen LogP contribution < -0.4 is 10.6 Å². The summed E-state index contributed by atoms with van der Waals surface area (Å²) in [5, 5.41) is 17.9. The number of nitrogens with one attached hydrogen (secondary N) is 2. The molecule has 0 saturated heterocycles. The third kappa shape index (κ3) is 5.67. The highest BCUT2D eigenvalue weighted by atomic mass is 16.5. The van der Waals surface area contributed by atoms with E-state index < -0.39 is 18.0 Å². The second-order valence-corrected chi connectivity index (χ2v) is 8.00. The molecule has 0 bridgehead atoms. The number of carboxylic acids is 1. The minimum Gasteiger partial charge on any atom is -0.481 e. The van der Waals surface area contributed by atoms with Gasteiger partial charge in [-0.2, -0.15) is 5.10 Å². The molecule has 0 aliphatic heterocycles.